The van der Waals surface area contributed by atoms with E-state index in [4.69, 9.17) is 19.4 Å². The number of hydrogen-bond donors (Lipinski definition) is 0. The fraction of sp³-hybridized carbons (Fsp3) is 0.400. The molecule has 6 nitrogen and oxygen atoms in total. The highest BCUT2D eigenvalue weighted by Crippen LogP contribution is 2.35. The lowest BCUT2D eigenvalue weighted by atomic mass is 10.2. The molecule has 0 unspecified atom stereocenters. The summed E-state index contributed by atoms with van der Waals surface area (Å²) in [5.74, 6) is 1.35. The standard InChI is InChI=1S/C25H29N3O3/c1-4-7-15-30-19-13-14-20(31-16-8-5-2)24-23(19)26-22-17-11-9-10-12-18(17)28(21(29)6-3)25(22)27-24/h9-14H,4-8,15-16H2,1-3H3. The van der Waals surface area contributed by atoms with Crippen molar-refractivity contribution in [2.45, 2.75) is 52.9 Å². The zero-order valence-corrected chi connectivity index (χ0v) is 18.5. The maximum atomic E-state index is 12.8. The van der Waals surface area contributed by atoms with Gasteiger partial charge in [-0.05, 0) is 31.0 Å². The van der Waals surface area contributed by atoms with Gasteiger partial charge in [-0.2, -0.15) is 0 Å². The van der Waals surface area contributed by atoms with Crippen molar-refractivity contribution in [2.75, 3.05) is 13.2 Å². The maximum Gasteiger partial charge on any atom is 0.232 e. The van der Waals surface area contributed by atoms with Gasteiger partial charge < -0.3 is 9.47 Å². The zero-order chi connectivity index (χ0) is 21.8. The number of ether oxygens (including phenoxy) is 2. The molecule has 4 rings (SSSR count). The van der Waals surface area contributed by atoms with Gasteiger partial charge in [0.2, 0.25) is 5.91 Å². The Morgan fingerprint density at radius 1 is 0.839 bits per heavy atom. The monoisotopic (exact) mass is 419 g/mol. The molecule has 2 heterocycles. The summed E-state index contributed by atoms with van der Waals surface area (Å²) in [6, 6.07) is 11.6. The molecule has 162 valence electrons. The number of rotatable bonds is 9. The fourth-order valence-electron chi connectivity index (χ4n) is 3.70. The van der Waals surface area contributed by atoms with E-state index in [9.17, 15) is 4.79 Å². The van der Waals surface area contributed by atoms with Gasteiger partial charge in [-0.25, -0.2) is 9.97 Å². The van der Waals surface area contributed by atoms with E-state index in [0.717, 1.165) is 36.6 Å². The van der Waals surface area contributed by atoms with Crippen LogP contribution in [-0.2, 0) is 0 Å². The molecule has 0 N–H and O–H groups in total. The van der Waals surface area contributed by atoms with Gasteiger partial charge in [0, 0.05) is 11.8 Å². The lowest BCUT2D eigenvalue weighted by molar-refractivity contribution is 0.0918. The SMILES string of the molecule is CCCCOc1ccc(OCCCC)c2nc3c(nc12)c1ccccc1n3C(=O)CC. The van der Waals surface area contributed by atoms with Crippen molar-refractivity contribution < 1.29 is 14.3 Å². The molecule has 4 aromatic rings. The van der Waals surface area contributed by atoms with Gasteiger partial charge in [0.05, 0.1) is 18.7 Å². The summed E-state index contributed by atoms with van der Waals surface area (Å²) in [5.41, 5.74) is 3.39. The van der Waals surface area contributed by atoms with Gasteiger partial charge >= 0.3 is 0 Å². The molecule has 0 saturated carbocycles. The molecule has 0 amide bonds. The molecule has 0 bridgehead atoms. The molecule has 0 aliphatic rings. The maximum absolute atomic E-state index is 12.8. The Hall–Kier alpha value is -3.15. The van der Waals surface area contributed by atoms with Crippen molar-refractivity contribution in [1.29, 1.82) is 0 Å². The molecule has 2 aromatic carbocycles. The summed E-state index contributed by atoms with van der Waals surface area (Å²) in [5, 5.41) is 0.908. The second-order valence-corrected chi connectivity index (χ2v) is 7.66. The molecule has 0 aliphatic carbocycles. The normalized spacial score (nSPS) is 11.5. The van der Waals surface area contributed by atoms with Crippen LogP contribution in [0, 0.1) is 0 Å². The van der Waals surface area contributed by atoms with Gasteiger partial charge in [0.1, 0.15) is 28.0 Å². The summed E-state index contributed by atoms with van der Waals surface area (Å²) >= 11 is 0. The number of aromatic nitrogens is 3. The summed E-state index contributed by atoms with van der Waals surface area (Å²) in [6.07, 6.45) is 4.41. The molecule has 0 saturated heterocycles. The summed E-state index contributed by atoms with van der Waals surface area (Å²) in [4.78, 5) is 22.7. The Balaban J connectivity index is 1.98. The van der Waals surface area contributed by atoms with Crippen LogP contribution in [0.1, 0.15) is 57.7 Å². The van der Waals surface area contributed by atoms with E-state index in [-0.39, 0.29) is 5.91 Å². The van der Waals surface area contributed by atoms with Gasteiger partial charge in [-0.3, -0.25) is 9.36 Å². The minimum atomic E-state index is -0.0105. The molecule has 2 aromatic heterocycles. The number of unbranched alkanes of at least 4 members (excludes halogenated alkanes) is 2. The number of carbonyl (C=O) groups excluding carboxylic acids is 1. The van der Waals surface area contributed by atoms with Crippen molar-refractivity contribution in [3.8, 4) is 11.5 Å². The third-order valence-electron chi connectivity index (χ3n) is 5.40. The molecule has 0 spiro atoms. The first kappa shape index (κ1) is 21.1. The van der Waals surface area contributed by atoms with Crippen LogP contribution in [0.5, 0.6) is 11.5 Å². The lowest BCUT2D eigenvalue weighted by Gasteiger charge is -2.13. The van der Waals surface area contributed by atoms with Crippen LogP contribution in [0.25, 0.3) is 33.1 Å². The van der Waals surface area contributed by atoms with Crippen LogP contribution in [0.2, 0.25) is 0 Å². The Labute approximate surface area is 182 Å². The first-order valence-corrected chi connectivity index (χ1v) is 11.2. The van der Waals surface area contributed by atoms with Crippen molar-refractivity contribution in [1.82, 2.24) is 14.5 Å². The second-order valence-electron chi connectivity index (χ2n) is 7.66. The topological polar surface area (TPSA) is 66.2 Å². The zero-order valence-electron chi connectivity index (χ0n) is 18.5. The molecule has 6 heteroatoms. The first-order valence-electron chi connectivity index (χ1n) is 11.2. The average Bonchev–Trinajstić information content (AvgIpc) is 3.12. The van der Waals surface area contributed by atoms with Crippen LogP contribution < -0.4 is 9.47 Å². The second kappa shape index (κ2) is 9.33. The number of benzene rings is 2. The van der Waals surface area contributed by atoms with E-state index in [2.05, 4.69) is 13.8 Å². The van der Waals surface area contributed by atoms with Gasteiger partial charge in [0.25, 0.3) is 0 Å². The third kappa shape index (κ3) is 3.94. The van der Waals surface area contributed by atoms with Gasteiger partial charge in [-0.1, -0.05) is 51.8 Å². The molecule has 31 heavy (non-hydrogen) atoms. The fourth-order valence-corrected chi connectivity index (χ4v) is 3.70. The molecule has 0 fully saturated rings. The van der Waals surface area contributed by atoms with E-state index in [1.807, 2.05) is 43.3 Å². The summed E-state index contributed by atoms with van der Waals surface area (Å²) in [6.45, 7) is 7.35. The van der Waals surface area contributed by atoms with Gasteiger partial charge in [-0.15, -0.1) is 0 Å². The lowest BCUT2D eigenvalue weighted by Crippen LogP contribution is -2.09. The van der Waals surface area contributed by atoms with Crippen LogP contribution in [0.15, 0.2) is 36.4 Å². The van der Waals surface area contributed by atoms with Crippen LogP contribution in [0.3, 0.4) is 0 Å². The molecule has 0 radical (unpaired) electrons. The third-order valence-corrected chi connectivity index (χ3v) is 5.40. The quantitative estimate of drug-likeness (QED) is 0.305. The van der Waals surface area contributed by atoms with E-state index < -0.39 is 0 Å². The summed E-state index contributed by atoms with van der Waals surface area (Å²) < 4.78 is 13.8. The highest BCUT2D eigenvalue weighted by atomic mass is 16.5. The van der Waals surface area contributed by atoms with Crippen molar-refractivity contribution in [2.24, 2.45) is 0 Å². The Morgan fingerprint density at radius 3 is 2.06 bits per heavy atom. The van der Waals surface area contributed by atoms with Crippen LogP contribution >= 0.6 is 0 Å². The number of para-hydroxylation sites is 1. The van der Waals surface area contributed by atoms with E-state index in [1.54, 1.807) is 4.57 Å². The molecular weight excluding hydrogens is 390 g/mol. The first-order chi connectivity index (χ1) is 15.2. The van der Waals surface area contributed by atoms with Crippen molar-refractivity contribution >= 4 is 39.0 Å². The average molecular weight is 420 g/mol. The van der Waals surface area contributed by atoms with Crippen molar-refractivity contribution in [3.63, 3.8) is 0 Å². The molecule has 0 atom stereocenters. The molecule has 0 aliphatic heterocycles. The van der Waals surface area contributed by atoms with Gasteiger partial charge in [0.15, 0.2) is 5.65 Å². The minimum absolute atomic E-state index is 0.0105. The molecular formula is C25H29N3O3. The van der Waals surface area contributed by atoms with E-state index >= 15 is 0 Å². The predicted octanol–water partition coefficient (Wildman–Crippen LogP) is 6.15. The Kier molecular flexibility index (Phi) is 6.35. The van der Waals surface area contributed by atoms with Crippen LogP contribution in [-0.4, -0.2) is 33.7 Å². The smallest absolute Gasteiger partial charge is 0.232 e. The number of hydrogen-bond acceptors (Lipinski definition) is 5. The predicted molar refractivity (Wildman–Crippen MR) is 124 cm³/mol. The van der Waals surface area contributed by atoms with E-state index in [1.165, 1.54) is 0 Å². The number of fused-ring (bicyclic) bond motifs is 4. The largest absolute Gasteiger partial charge is 0.491 e. The highest BCUT2D eigenvalue weighted by Gasteiger charge is 2.21. The Bertz CT molecular complexity index is 1230. The Morgan fingerprint density at radius 2 is 1.45 bits per heavy atom. The number of carbonyl (C=O) groups is 1. The highest BCUT2D eigenvalue weighted by molar-refractivity contribution is 6.12. The van der Waals surface area contributed by atoms with E-state index in [0.29, 0.717) is 53.3 Å². The van der Waals surface area contributed by atoms with Crippen LogP contribution in [0.4, 0.5) is 0 Å². The summed E-state index contributed by atoms with van der Waals surface area (Å²) in [7, 11) is 0. The van der Waals surface area contributed by atoms with Crippen molar-refractivity contribution in [3.05, 3.63) is 36.4 Å². The number of nitrogens with zero attached hydrogens (tertiary/aromatic N) is 3. The minimum Gasteiger partial charge on any atom is -0.491 e.